The number of rotatable bonds is 6. The summed E-state index contributed by atoms with van der Waals surface area (Å²) >= 11 is 1.58. The van der Waals surface area contributed by atoms with Crippen LogP contribution in [0.3, 0.4) is 0 Å². The highest BCUT2D eigenvalue weighted by atomic mass is 32.1. The second-order valence-corrected chi connectivity index (χ2v) is 7.95. The Morgan fingerprint density at radius 2 is 1.72 bits per heavy atom. The van der Waals surface area contributed by atoms with Crippen LogP contribution >= 0.6 is 11.3 Å². The van der Waals surface area contributed by atoms with Crippen molar-refractivity contribution in [2.24, 2.45) is 0 Å². The predicted molar refractivity (Wildman–Crippen MR) is 115 cm³/mol. The van der Waals surface area contributed by atoms with Gasteiger partial charge in [-0.2, -0.15) is 0 Å². The highest BCUT2D eigenvalue weighted by Gasteiger charge is 2.24. The Kier molecular flexibility index (Phi) is 5.53. The van der Waals surface area contributed by atoms with Crippen molar-refractivity contribution in [2.45, 2.75) is 18.9 Å². The number of benzene rings is 2. The fourth-order valence-corrected chi connectivity index (χ4v) is 4.64. The van der Waals surface area contributed by atoms with Crippen LogP contribution in [0.25, 0.3) is 10.2 Å². The molecule has 29 heavy (non-hydrogen) atoms. The Labute approximate surface area is 173 Å². The number of hydrogen-bond acceptors (Lipinski definition) is 7. The normalized spacial score (nSPS) is 14.8. The van der Waals surface area contributed by atoms with Gasteiger partial charge in [0.05, 0.1) is 31.5 Å². The van der Waals surface area contributed by atoms with E-state index in [1.807, 2.05) is 12.1 Å². The van der Waals surface area contributed by atoms with E-state index in [4.69, 9.17) is 19.2 Å². The zero-order valence-electron chi connectivity index (χ0n) is 16.7. The molecule has 8 heteroatoms. The standard InChI is InChI=1S/C21H24N3O4S/c1-26-15-11-17(27-2)20(18(12-15)28-3)22-13-6-8-24(9-7-13)21-23-16-5-4-14(25)10-19(16)29-21/h4-5,10-13,22H,6-9H2,1-3H3. The lowest BCUT2D eigenvalue weighted by Gasteiger charge is -2.33. The monoisotopic (exact) mass is 414 g/mol. The van der Waals surface area contributed by atoms with E-state index in [1.54, 1.807) is 50.9 Å². The number of hydrogen-bond donors (Lipinski definition) is 1. The summed E-state index contributed by atoms with van der Waals surface area (Å²) in [4.78, 5) is 6.98. The summed E-state index contributed by atoms with van der Waals surface area (Å²) in [5.74, 6) is 2.11. The zero-order chi connectivity index (χ0) is 20.4. The van der Waals surface area contributed by atoms with Crippen LogP contribution in [0, 0.1) is 0 Å². The topological polar surface area (TPSA) is 75.8 Å². The minimum Gasteiger partial charge on any atom is -0.496 e. The molecule has 1 aliphatic rings. The number of piperidine rings is 1. The maximum Gasteiger partial charge on any atom is 0.186 e. The minimum absolute atomic E-state index is 0.0259. The lowest BCUT2D eigenvalue weighted by atomic mass is 10.0. The van der Waals surface area contributed by atoms with Crippen LogP contribution in [-0.2, 0) is 5.11 Å². The quantitative estimate of drug-likeness (QED) is 0.638. The molecule has 1 radical (unpaired) electrons. The first-order chi connectivity index (χ1) is 14.1. The Morgan fingerprint density at radius 1 is 1.03 bits per heavy atom. The highest BCUT2D eigenvalue weighted by molar-refractivity contribution is 7.22. The third-order valence-electron chi connectivity index (χ3n) is 5.18. The molecule has 0 spiro atoms. The molecule has 0 aliphatic carbocycles. The lowest BCUT2D eigenvalue weighted by Crippen LogP contribution is -2.39. The highest BCUT2D eigenvalue weighted by Crippen LogP contribution is 2.40. The molecule has 0 unspecified atom stereocenters. The second-order valence-electron chi connectivity index (χ2n) is 6.94. The maximum atomic E-state index is 11.6. The average Bonchev–Trinajstić information content (AvgIpc) is 3.17. The molecule has 3 aromatic rings. The fraction of sp³-hybridized carbons (Fsp3) is 0.381. The van der Waals surface area contributed by atoms with Gasteiger partial charge >= 0.3 is 0 Å². The number of aromatic nitrogens is 1. The van der Waals surface area contributed by atoms with Crippen LogP contribution in [0.2, 0.25) is 0 Å². The molecule has 0 saturated carbocycles. The minimum atomic E-state index is 0.0259. The van der Waals surface area contributed by atoms with Gasteiger partial charge in [-0.05, 0) is 25.0 Å². The first kappa shape index (κ1) is 19.4. The number of anilines is 2. The first-order valence-corrected chi connectivity index (χ1v) is 10.3. The van der Waals surface area contributed by atoms with E-state index < -0.39 is 0 Å². The zero-order valence-corrected chi connectivity index (χ0v) is 17.5. The van der Waals surface area contributed by atoms with Crippen molar-refractivity contribution in [3.05, 3.63) is 30.3 Å². The van der Waals surface area contributed by atoms with E-state index in [-0.39, 0.29) is 5.75 Å². The van der Waals surface area contributed by atoms with Gasteiger partial charge in [0.1, 0.15) is 22.9 Å². The Bertz CT molecular complexity index is 974. The van der Waals surface area contributed by atoms with Gasteiger partial charge in [-0.1, -0.05) is 11.3 Å². The summed E-state index contributed by atoms with van der Waals surface area (Å²) in [6.07, 6.45) is 1.92. The predicted octanol–water partition coefficient (Wildman–Crippen LogP) is 4.55. The number of thiazole rings is 1. The fourth-order valence-electron chi connectivity index (χ4n) is 3.60. The molecule has 0 bridgehead atoms. The van der Waals surface area contributed by atoms with Gasteiger partial charge in [-0.25, -0.2) is 4.98 Å². The number of methoxy groups -OCH3 is 3. The maximum absolute atomic E-state index is 11.6. The number of ether oxygens (including phenoxy) is 3. The molecule has 1 aliphatic heterocycles. The summed E-state index contributed by atoms with van der Waals surface area (Å²) in [7, 11) is 4.90. The largest absolute Gasteiger partial charge is 0.496 e. The van der Waals surface area contributed by atoms with Gasteiger partial charge in [0, 0.05) is 37.3 Å². The van der Waals surface area contributed by atoms with Crippen LogP contribution in [0.4, 0.5) is 10.8 Å². The second kappa shape index (κ2) is 8.24. The lowest BCUT2D eigenvalue weighted by molar-refractivity contribution is 0.355. The Balaban J connectivity index is 1.46. The molecule has 2 heterocycles. The van der Waals surface area contributed by atoms with Gasteiger partial charge in [-0.15, -0.1) is 0 Å². The summed E-state index contributed by atoms with van der Waals surface area (Å²) in [5.41, 5.74) is 1.73. The van der Waals surface area contributed by atoms with Gasteiger partial charge in [-0.3, -0.25) is 5.11 Å². The molecule has 7 nitrogen and oxygen atoms in total. The van der Waals surface area contributed by atoms with Crippen molar-refractivity contribution in [3.8, 4) is 23.0 Å². The van der Waals surface area contributed by atoms with E-state index in [0.717, 1.165) is 47.0 Å². The van der Waals surface area contributed by atoms with Crippen molar-refractivity contribution in [3.63, 3.8) is 0 Å². The number of fused-ring (bicyclic) bond motifs is 1. The van der Waals surface area contributed by atoms with Crippen molar-refractivity contribution >= 4 is 32.4 Å². The molecular formula is C21H24N3O4S. The van der Waals surface area contributed by atoms with Crippen LogP contribution in [-0.4, -0.2) is 45.4 Å². The van der Waals surface area contributed by atoms with Gasteiger partial charge < -0.3 is 24.4 Å². The third-order valence-corrected chi connectivity index (χ3v) is 6.26. The Hall–Kier alpha value is -2.87. The third kappa shape index (κ3) is 3.98. The van der Waals surface area contributed by atoms with Gasteiger partial charge in [0.25, 0.3) is 0 Å². The SMILES string of the molecule is COc1cc(OC)c(NC2CCN(c3nc4ccc([O])cc4s3)CC2)c(OC)c1. The first-order valence-electron chi connectivity index (χ1n) is 9.50. The molecule has 1 fully saturated rings. The summed E-state index contributed by atoms with van der Waals surface area (Å²) in [6, 6.07) is 9.03. The van der Waals surface area contributed by atoms with E-state index in [2.05, 4.69) is 10.2 Å². The molecular weight excluding hydrogens is 390 g/mol. The molecule has 1 N–H and O–H groups in total. The summed E-state index contributed by atoms with van der Waals surface area (Å²) in [5, 5.41) is 16.1. The average molecular weight is 415 g/mol. The molecule has 153 valence electrons. The number of nitrogens with one attached hydrogen (secondary N) is 1. The summed E-state index contributed by atoms with van der Waals surface area (Å²) < 4.78 is 17.3. The molecule has 1 aromatic heterocycles. The Morgan fingerprint density at radius 3 is 2.34 bits per heavy atom. The van der Waals surface area contributed by atoms with E-state index in [1.165, 1.54) is 0 Å². The molecule has 0 atom stereocenters. The van der Waals surface area contributed by atoms with Crippen LogP contribution in [0.15, 0.2) is 30.3 Å². The van der Waals surface area contributed by atoms with Crippen molar-refractivity contribution < 1.29 is 19.3 Å². The van der Waals surface area contributed by atoms with E-state index in [9.17, 15) is 5.11 Å². The van der Waals surface area contributed by atoms with Crippen molar-refractivity contribution in [2.75, 3.05) is 44.6 Å². The molecule has 2 aromatic carbocycles. The van der Waals surface area contributed by atoms with Gasteiger partial charge in [0.15, 0.2) is 10.9 Å². The van der Waals surface area contributed by atoms with Crippen LogP contribution in [0.5, 0.6) is 23.0 Å². The van der Waals surface area contributed by atoms with Crippen LogP contribution in [0.1, 0.15) is 12.8 Å². The molecule has 0 amide bonds. The van der Waals surface area contributed by atoms with Crippen molar-refractivity contribution in [1.82, 2.24) is 4.98 Å². The molecule has 1 saturated heterocycles. The van der Waals surface area contributed by atoms with E-state index >= 15 is 0 Å². The van der Waals surface area contributed by atoms with Gasteiger partial charge in [0.2, 0.25) is 0 Å². The number of nitrogens with zero attached hydrogens (tertiary/aromatic N) is 2. The molecule has 4 rings (SSSR count). The van der Waals surface area contributed by atoms with Crippen LogP contribution < -0.4 is 24.4 Å². The van der Waals surface area contributed by atoms with E-state index in [0.29, 0.717) is 23.3 Å². The summed E-state index contributed by atoms with van der Waals surface area (Å²) in [6.45, 7) is 1.78. The smallest absolute Gasteiger partial charge is 0.186 e. The van der Waals surface area contributed by atoms with Crippen molar-refractivity contribution in [1.29, 1.82) is 0 Å².